The van der Waals surface area contributed by atoms with E-state index in [-0.39, 0.29) is 55.8 Å². The van der Waals surface area contributed by atoms with E-state index >= 15 is 0 Å². The summed E-state index contributed by atoms with van der Waals surface area (Å²) in [6.45, 7) is 8.33. The number of benzene rings is 4. The molecule has 0 bridgehead atoms. The Kier molecular flexibility index (Phi) is 7.30. The van der Waals surface area contributed by atoms with Crippen LogP contribution in [0.1, 0.15) is 102 Å². The lowest BCUT2D eigenvalue weighted by atomic mass is 9.83. The van der Waals surface area contributed by atoms with Gasteiger partial charge in [0.25, 0.3) is 23.6 Å². The Morgan fingerprint density at radius 3 is 1.60 bits per heavy atom. The fourth-order valence-corrected chi connectivity index (χ4v) is 6.46. The maximum Gasteiger partial charge on any atom is 0.399 e. The Balaban J connectivity index is 1.35. The molecule has 0 saturated carbocycles. The molecule has 1 atom stereocenters. The second kappa shape index (κ2) is 10.9. The van der Waals surface area contributed by atoms with Gasteiger partial charge in [-0.25, -0.2) is 4.90 Å². The third-order valence-corrected chi connectivity index (χ3v) is 9.16. The van der Waals surface area contributed by atoms with Gasteiger partial charge in [-0.2, -0.15) is 13.2 Å². The van der Waals surface area contributed by atoms with Crippen LogP contribution in [0.2, 0.25) is 0 Å². The summed E-state index contributed by atoms with van der Waals surface area (Å²) in [6, 6.07) is 14.3. The van der Waals surface area contributed by atoms with Crippen molar-refractivity contribution in [3.05, 3.63) is 133 Å². The maximum atomic E-state index is 14.7. The molecular weight excluding hydrogens is 609 g/mol. The molecule has 4 amide bonds. The molecule has 6 rings (SSSR count). The summed E-state index contributed by atoms with van der Waals surface area (Å²) >= 11 is 0. The molecule has 0 fully saturated rings. The third-order valence-electron chi connectivity index (χ3n) is 9.16. The average Bonchev–Trinajstić information content (AvgIpc) is 3.39. The molecule has 1 unspecified atom stereocenters. The van der Waals surface area contributed by atoms with Gasteiger partial charge in [-0.05, 0) is 104 Å². The first kappa shape index (κ1) is 31.6. The molecule has 0 saturated heterocycles. The van der Waals surface area contributed by atoms with E-state index in [2.05, 4.69) is 0 Å². The average molecular weight is 639 g/mol. The first-order valence-electron chi connectivity index (χ1n) is 14.8. The van der Waals surface area contributed by atoms with Gasteiger partial charge in [0.1, 0.15) is 5.92 Å². The van der Waals surface area contributed by atoms with Crippen molar-refractivity contribution < 1.29 is 37.1 Å². The highest BCUT2D eigenvalue weighted by Crippen LogP contribution is 2.45. The number of aryl methyl sites for hydroxylation is 5. The SMILES string of the molecule is Cc1cc(C)c(C(c2cc(C)c(N3C(=O)c4ccc(C(=O)c5ccc6c(c5)C(=O)N(C)C6=O)cc4C3=O)cc2C)C(F)(F)F)cc1C. The molecule has 238 valence electrons. The van der Waals surface area contributed by atoms with Gasteiger partial charge in [0.05, 0.1) is 27.9 Å². The minimum atomic E-state index is -4.61. The number of alkyl halides is 3. The molecule has 4 aromatic carbocycles. The quantitative estimate of drug-likeness (QED) is 0.171. The lowest BCUT2D eigenvalue weighted by Gasteiger charge is -2.27. The van der Waals surface area contributed by atoms with Crippen LogP contribution < -0.4 is 4.90 Å². The van der Waals surface area contributed by atoms with Crippen LogP contribution >= 0.6 is 0 Å². The summed E-state index contributed by atoms with van der Waals surface area (Å²) in [5.41, 5.74) is 3.49. The highest BCUT2D eigenvalue weighted by atomic mass is 19.4. The lowest BCUT2D eigenvalue weighted by molar-refractivity contribution is -0.141. The van der Waals surface area contributed by atoms with E-state index < -0.39 is 41.5 Å². The molecule has 0 radical (unpaired) electrons. The summed E-state index contributed by atoms with van der Waals surface area (Å²) in [5, 5.41) is 0. The van der Waals surface area contributed by atoms with Crippen molar-refractivity contribution in [3.63, 3.8) is 0 Å². The summed E-state index contributed by atoms with van der Waals surface area (Å²) in [6.07, 6.45) is -4.61. The standard InChI is InChI=1S/C37H29F3N2O5/c1-17-11-19(3)26(12-18(17)2)31(37(38,39)40)27-13-21(5)30(14-20(27)4)42-35(46)25-10-8-23(16-29(25)36(42)47)32(43)22-7-9-24-28(15-22)34(45)41(6)33(24)44/h7-16,31H,1-6H3. The van der Waals surface area contributed by atoms with Gasteiger partial charge in [-0.15, -0.1) is 0 Å². The van der Waals surface area contributed by atoms with Crippen LogP contribution in [0.25, 0.3) is 0 Å². The zero-order valence-corrected chi connectivity index (χ0v) is 26.4. The van der Waals surface area contributed by atoms with Crippen molar-refractivity contribution in [1.82, 2.24) is 4.90 Å². The number of carbonyl (C=O) groups excluding carboxylic acids is 5. The molecule has 2 heterocycles. The molecule has 7 nitrogen and oxygen atoms in total. The van der Waals surface area contributed by atoms with Crippen LogP contribution in [0.4, 0.5) is 18.9 Å². The smallest absolute Gasteiger partial charge is 0.289 e. The summed E-state index contributed by atoms with van der Waals surface area (Å²) in [4.78, 5) is 67.2. The molecule has 0 aromatic heterocycles. The topological polar surface area (TPSA) is 91.8 Å². The number of halogens is 3. The van der Waals surface area contributed by atoms with E-state index in [1.165, 1.54) is 62.5 Å². The Hall–Kier alpha value is -5.38. The number of nitrogens with zero attached hydrogens (tertiary/aromatic N) is 2. The molecule has 47 heavy (non-hydrogen) atoms. The number of fused-ring (bicyclic) bond motifs is 2. The monoisotopic (exact) mass is 638 g/mol. The summed E-state index contributed by atoms with van der Waals surface area (Å²) in [7, 11) is 1.35. The van der Waals surface area contributed by atoms with Gasteiger partial charge in [0, 0.05) is 18.2 Å². The minimum Gasteiger partial charge on any atom is -0.289 e. The highest BCUT2D eigenvalue weighted by Gasteiger charge is 2.44. The van der Waals surface area contributed by atoms with Crippen LogP contribution in [0.15, 0.2) is 60.7 Å². The number of carbonyl (C=O) groups is 5. The number of anilines is 1. The van der Waals surface area contributed by atoms with E-state index in [0.717, 1.165) is 20.9 Å². The number of hydrogen-bond acceptors (Lipinski definition) is 5. The van der Waals surface area contributed by atoms with Crippen molar-refractivity contribution in [2.24, 2.45) is 0 Å². The molecule has 2 aliphatic rings. The molecule has 10 heteroatoms. The Morgan fingerprint density at radius 2 is 1.02 bits per heavy atom. The maximum absolute atomic E-state index is 14.7. The van der Waals surface area contributed by atoms with Crippen molar-refractivity contribution in [2.75, 3.05) is 11.9 Å². The van der Waals surface area contributed by atoms with Crippen LogP contribution in [0, 0.1) is 34.6 Å². The zero-order valence-electron chi connectivity index (χ0n) is 26.4. The van der Waals surface area contributed by atoms with Gasteiger partial charge >= 0.3 is 6.18 Å². The van der Waals surface area contributed by atoms with E-state index in [0.29, 0.717) is 11.1 Å². The zero-order chi connectivity index (χ0) is 34.3. The number of ketones is 1. The fourth-order valence-electron chi connectivity index (χ4n) is 6.46. The minimum absolute atomic E-state index is 0.0234. The summed E-state index contributed by atoms with van der Waals surface area (Å²) < 4.78 is 44.1. The Bertz CT molecular complexity index is 2110. The lowest BCUT2D eigenvalue weighted by Crippen LogP contribution is -2.30. The van der Waals surface area contributed by atoms with Crippen LogP contribution in [-0.2, 0) is 0 Å². The number of rotatable bonds is 5. The van der Waals surface area contributed by atoms with E-state index in [1.54, 1.807) is 32.9 Å². The van der Waals surface area contributed by atoms with E-state index in [9.17, 15) is 37.1 Å². The van der Waals surface area contributed by atoms with Crippen molar-refractivity contribution in [3.8, 4) is 0 Å². The molecule has 0 aliphatic carbocycles. The molecule has 2 aliphatic heterocycles. The Morgan fingerprint density at radius 1 is 0.574 bits per heavy atom. The molecular formula is C37H29F3N2O5. The van der Waals surface area contributed by atoms with Crippen LogP contribution in [-0.4, -0.2) is 47.5 Å². The van der Waals surface area contributed by atoms with Crippen LogP contribution in [0.3, 0.4) is 0 Å². The molecule has 0 N–H and O–H groups in total. The van der Waals surface area contributed by atoms with Crippen molar-refractivity contribution in [2.45, 2.75) is 46.7 Å². The van der Waals surface area contributed by atoms with Crippen molar-refractivity contribution in [1.29, 1.82) is 0 Å². The first-order valence-corrected chi connectivity index (χ1v) is 14.8. The van der Waals surface area contributed by atoms with Gasteiger partial charge in [0.2, 0.25) is 0 Å². The Labute approximate surface area is 268 Å². The highest BCUT2D eigenvalue weighted by molar-refractivity contribution is 6.35. The predicted molar refractivity (Wildman–Crippen MR) is 168 cm³/mol. The normalized spacial score (nSPS) is 15.0. The van der Waals surface area contributed by atoms with Gasteiger partial charge in [-0.1, -0.05) is 30.3 Å². The van der Waals surface area contributed by atoms with Gasteiger partial charge in [0.15, 0.2) is 5.78 Å². The largest absolute Gasteiger partial charge is 0.399 e. The van der Waals surface area contributed by atoms with E-state index in [1.807, 2.05) is 6.92 Å². The first-order chi connectivity index (χ1) is 22.0. The fraction of sp³-hybridized carbons (Fsp3) is 0.216. The van der Waals surface area contributed by atoms with E-state index in [4.69, 9.17) is 0 Å². The number of hydrogen-bond donors (Lipinski definition) is 0. The summed E-state index contributed by atoms with van der Waals surface area (Å²) in [5.74, 6) is -4.84. The molecule has 4 aromatic rings. The molecule has 0 spiro atoms. The number of amides is 4. The predicted octanol–water partition coefficient (Wildman–Crippen LogP) is 7.18. The second-order valence-electron chi connectivity index (χ2n) is 12.2. The van der Waals surface area contributed by atoms with Crippen LogP contribution in [0.5, 0.6) is 0 Å². The van der Waals surface area contributed by atoms with Crippen molar-refractivity contribution >= 4 is 35.1 Å². The third kappa shape index (κ3) is 4.95. The van der Waals surface area contributed by atoms with Gasteiger partial charge in [-0.3, -0.25) is 28.9 Å². The second-order valence-corrected chi connectivity index (χ2v) is 12.2. The van der Waals surface area contributed by atoms with Gasteiger partial charge < -0.3 is 0 Å². The number of imide groups is 2.